The van der Waals surface area contributed by atoms with Crippen LogP contribution in [0.5, 0.6) is 0 Å². The van der Waals surface area contributed by atoms with Gasteiger partial charge in [-0.25, -0.2) is 9.59 Å². The fraction of sp³-hybridized carbons (Fsp3) is 0.429. The zero-order valence-corrected chi connectivity index (χ0v) is 11.6. The Morgan fingerprint density at radius 3 is 2.10 bits per heavy atom. The number of ether oxygens (including phenoxy) is 4. The molecule has 1 aromatic carbocycles. The van der Waals surface area contributed by atoms with Crippen molar-refractivity contribution < 1.29 is 28.5 Å². The molecule has 1 aromatic rings. The van der Waals surface area contributed by atoms with Gasteiger partial charge in [-0.1, -0.05) is 12.1 Å². The van der Waals surface area contributed by atoms with Crippen LogP contribution in [-0.4, -0.2) is 52.6 Å². The van der Waals surface area contributed by atoms with Crippen LogP contribution in [0.1, 0.15) is 20.7 Å². The lowest BCUT2D eigenvalue weighted by atomic mass is 10.1. The summed E-state index contributed by atoms with van der Waals surface area (Å²) in [5.41, 5.74) is 0.358. The van der Waals surface area contributed by atoms with Gasteiger partial charge in [-0.2, -0.15) is 0 Å². The number of esters is 2. The van der Waals surface area contributed by atoms with Crippen molar-refractivity contribution in [2.24, 2.45) is 0 Å². The number of methoxy groups -OCH3 is 2. The van der Waals surface area contributed by atoms with E-state index in [1.54, 1.807) is 19.2 Å². The van der Waals surface area contributed by atoms with E-state index in [1.165, 1.54) is 19.2 Å². The van der Waals surface area contributed by atoms with Gasteiger partial charge in [0, 0.05) is 7.11 Å². The Hall–Kier alpha value is -1.92. The van der Waals surface area contributed by atoms with E-state index in [2.05, 4.69) is 4.74 Å². The van der Waals surface area contributed by atoms with Crippen molar-refractivity contribution in [1.82, 2.24) is 0 Å². The molecule has 0 radical (unpaired) electrons. The van der Waals surface area contributed by atoms with Crippen LogP contribution in [0.4, 0.5) is 0 Å². The first-order valence-corrected chi connectivity index (χ1v) is 6.12. The Bertz CT molecular complexity index is 443. The lowest BCUT2D eigenvalue weighted by molar-refractivity contribution is 0.0210. The molecule has 0 unspecified atom stereocenters. The van der Waals surface area contributed by atoms with Crippen molar-refractivity contribution in [1.29, 1.82) is 0 Å². The summed E-state index contributed by atoms with van der Waals surface area (Å²) in [6, 6.07) is 6.33. The lowest BCUT2D eigenvalue weighted by Gasteiger charge is -2.08. The first kappa shape index (κ1) is 16.1. The Morgan fingerprint density at radius 1 is 0.900 bits per heavy atom. The largest absolute Gasteiger partial charge is 0.465 e. The van der Waals surface area contributed by atoms with E-state index >= 15 is 0 Å². The maximum atomic E-state index is 11.9. The minimum atomic E-state index is -0.582. The van der Waals surface area contributed by atoms with Crippen LogP contribution in [-0.2, 0) is 18.9 Å². The van der Waals surface area contributed by atoms with Crippen molar-refractivity contribution >= 4 is 11.9 Å². The highest BCUT2D eigenvalue weighted by atomic mass is 16.6. The van der Waals surface area contributed by atoms with Crippen LogP contribution in [0, 0.1) is 0 Å². The van der Waals surface area contributed by atoms with E-state index in [-0.39, 0.29) is 24.3 Å². The van der Waals surface area contributed by atoms with Gasteiger partial charge >= 0.3 is 11.9 Å². The molecule has 0 aliphatic rings. The third-order valence-electron chi connectivity index (χ3n) is 2.44. The molecule has 0 bridgehead atoms. The SMILES string of the molecule is COCCOCCOC(=O)c1ccccc1C(=O)OC. The molecule has 20 heavy (non-hydrogen) atoms. The van der Waals surface area contributed by atoms with E-state index in [1.807, 2.05) is 0 Å². The number of rotatable bonds is 8. The predicted octanol–water partition coefficient (Wildman–Crippen LogP) is 1.29. The van der Waals surface area contributed by atoms with Gasteiger partial charge in [-0.3, -0.25) is 0 Å². The van der Waals surface area contributed by atoms with Crippen molar-refractivity contribution in [3.63, 3.8) is 0 Å². The third kappa shape index (κ3) is 4.99. The third-order valence-corrected chi connectivity index (χ3v) is 2.44. The van der Waals surface area contributed by atoms with Gasteiger partial charge in [0.05, 0.1) is 38.1 Å². The molecule has 0 aromatic heterocycles. The Labute approximate surface area is 117 Å². The number of benzene rings is 1. The quantitative estimate of drug-likeness (QED) is 0.528. The van der Waals surface area contributed by atoms with Crippen LogP contribution < -0.4 is 0 Å². The summed E-state index contributed by atoms with van der Waals surface area (Å²) in [6.45, 7) is 1.31. The molecule has 6 nitrogen and oxygen atoms in total. The molecular formula is C14H18O6. The zero-order chi connectivity index (χ0) is 14.8. The minimum absolute atomic E-state index is 0.109. The molecule has 0 aliphatic heterocycles. The lowest BCUT2D eigenvalue weighted by Crippen LogP contribution is -2.16. The molecule has 0 fully saturated rings. The second-order valence-electron chi connectivity index (χ2n) is 3.78. The molecule has 0 saturated heterocycles. The van der Waals surface area contributed by atoms with Crippen molar-refractivity contribution in [3.05, 3.63) is 35.4 Å². The van der Waals surface area contributed by atoms with E-state index in [9.17, 15) is 9.59 Å². The number of carbonyl (C=O) groups is 2. The van der Waals surface area contributed by atoms with Gasteiger partial charge in [0.25, 0.3) is 0 Å². The Balaban J connectivity index is 2.49. The maximum absolute atomic E-state index is 11.9. The van der Waals surface area contributed by atoms with Gasteiger partial charge in [-0.15, -0.1) is 0 Å². The van der Waals surface area contributed by atoms with E-state index in [0.29, 0.717) is 13.2 Å². The Morgan fingerprint density at radius 2 is 1.50 bits per heavy atom. The zero-order valence-electron chi connectivity index (χ0n) is 11.6. The fourth-order valence-electron chi connectivity index (χ4n) is 1.46. The normalized spacial score (nSPS) is 10.1. The van der Waals surface area contributed by atoms with Crippen LogP contribution in [0.15, 0.2) is 24.3 Å². The summed E-state index contributed by atoms with van der Waals surface area (Å²) in [5.74, 6) is -1.16. The molecule has 110 valence electrons. The number of carbonyl (C=O) groups excluding carboxylic acids is 2. The molecule has 0 saturated carbocycles. The topological polar surface area (TPSA) is 71.1 Å². The van der Waals surface area contributed by atoms with Crippen molar-refractivity contribution in [3.8, 4) is 0 Å². The molecular weight excluding hydrogens is 264 g/mol. The van der Waals surface area contributed by atoms with E-state index in [4.69, 9.17) is 14.2 Å². The number of hydrogen-bond donors (Lipinski definition) is 0. The smallest absolute Gasteiger partial charge is 0.339 e. The van der Waals surface area contributed by atoms with Gasteiger partial charge in [0.2, 0.25) is 0 Å². The van der Waals surface area contributed by atoms with Crippen molar-refractivity contribution in [2.45, 2.75) is 0 Å². The molecule has 0 atom stereocenters. The van der Waals surface area contributed by atoms with Gasteiger partial charge in [-0.05, 0) is 12.1 Å². The van der Waals surface area contributed by atoms with E-state index < -0.39 is 11.9 Å². The van der Waals surface area contributed by atoms with E-state index in [0.717, 1.165) is 0 Å². The average molecular weight is 282 g/mol. The number of hydrogen-bond acceptors (Lipinski definition) is 6. The minimum Gasteiger partial charge on any atom is -0.465 e. The summed E-state index contributed by atoms with van der Waals surface area (Å²) >= 11 is 0. The first-order valence-electron chi connectivity index (χ1n) is 6.12. The predicted molar refractivity (Wildman–Crippen MR) is 70.8 cm³/mol. The fourth-order valence-corrected chi connectivity index (χ4v) is 1.46. The molecule has 0 amide bonds. The monoisotopic (exact) mass is 282 g/mol. The van der Waals surface area contributed by atoms with Gasteiger partial charge in [0.1, 0.15) is 6.61 Å². The van der Waals surface area contributed by atoms with Gasteiger partial charge < -0.3 is 18.9 Å². The second-order valence-corrected chi connectivity index (χ2v) is 3.78. The molecule has 0 spiro atoms. The van der Waals surface area contributed by atoms with Gasteiger partial charge in [0.15, 0.2) is 0 Å². The summed E-state index contributed by atoms with van der Waals surface area (Å²) in [5, 5.41) is 0. The first-order chi connectivity index (χ1) is 9.70. The standard InChI is InChI=1S/C14H18O6/c1-17-7-8-19-9-10-20-14(16)12-6-4-3-5-11(12)13(15)18-2/h3-6H,7-10H2,1-2H3. The molecule has 0 heterocycles. The van der Waals surface area contributed by atoms with Crippen molar-refractivity contribution in [2.75, 3.05) is 40.6 Å². The summed E-state index contributed by atoms with van der Waals surface area (Å²) in [6.07, 6.45) is 0. The molecule has 0 N–H and O–H groups in total. The van der Waals surface area contributed by atoms with Crippen LogP contribution >= 0.6 is 0 Å². The summed E-state index contributed by atoms with van der Waals surface area (Å²) in [4.78, 5) is 23.4. The molecule has 0 aliphatic carbocycles. The highest BCUT2D eigenvalue weighted by Gasteiger charge is 2.17. The van der Waals surface area contributed by atoms with Crippen LogP contribution in [0.3, 0.4) is 0 Å². The van der Waals surface area contributed by atoms with Crippen LogP contribution in [0.2, 0.25) is 0 Å². The highest BCUT2D eigenvalue weighted by Crippen LogP contribution is 2.11. The maximum Gasteiger partial charge on any atom is 0.339 e. The summed E-state index contributed by atoms with van der Waals surface area (Å²) < 4.78 is 19.6. The Kier molecular flexibility index (Phi) is 7.31. The average Bonchev–Trinajstić information content (AvgIpc) is 2.49. The summed E-state index contributed by atoms with van der Waals surface area (Å²) in [7, 11) is 2.83. The molecule has 6 heteroatoms. The highest BCUT2D eigenvalue weighted by molar-refractivity contribution is 6.03. The molecule has 1 rings (SSSR count). The van der Waals surface area contributed by atoms with Crippen LogP contribution in [0.25, 0.3) is 0 Å². The second kappa shape index (κ2) is 9.06.